The number of halogens is 1. The maximum atomic E-state index is 13.1. The first-order chi connectivity index (χ1) is 8.50. The zero-order valence-electron chi connectivity index (χ0n) is 10.1. The summed E-state index contributed by atoms with van der Waals surface area (Å²) >= 11 is 0. The molecular formula is C12H17FN2O3. The predicted octanol–water partition coefficient (Wildman–Crippen LogP) is 1.88. The minimum Gasteiger partial charge on any atom is -0.493 e. The molecule has 0 bridgehead atoms. The van der Waals surface area contributed by atoms with Crippen molar-refractivity contribution in [2.24, 2.45) is 5.73 Å². The molecular weight excluding hydrogens is 239 g/mol. The summed E-state index contributed by atoms with van der Waals surface area (Å²) in [5, 5.41) is 10.6. The molecule has 6 heteroatoms. The van der Waals surface area contributed by atoms with Crippen molar-refractivity contribution in [3.05, 3.63) is 29.6 Å². The summed E-state index contributed by atoms with van der Waals surface area (Å²) in [6.45, 7) is 2.39. The molecule has 18 heavy (non-hydrogen) atoms. The van der Waals surface area contributed by atoms with Crippen LogP contribution >= 0.6 is 0 Å². The third kappa shape index (κ3) is 4.58. The molecule has 0 aromatic heterocycles. The van der Waals surface area contributed by atoms with Crippen molar-refractivity contribution in [1.29, 1.82) is 0 Å². The van der Waals surface area contributed by atoms with Gasteiger partial charge < -0.3 is 20.9 Å². The summed E-state index contributed by atoms with van der Waals surface area (Å²) in [4.78, 5) is 10.2. The minimum atomic E-state index is -1.06. The molecule has 100 valence electrons. The molecule has 1 rings (SSSR count). The average Bonchev–Trinajstić information content (AvgIpc) is 2.29. The first kappa shape index (κ1) is 14.2. The van der Waals surface area contributed by atoms with Gasteiger partial charge in [0.05, 0.1) is 6.61 Å². The van der Waals surface area contributed by atoms with Crippen LogP contribution in [0.2, 0.25) is 0 Å². The van der Waals surface area contributed by atoms with Gasteiger partial charge in [0.1, 0.15) is 11.6 Å². The van der Waals surface area contributed by atoms with E-state index in [9.17, 15) is 9.18 Å². The molecule has 0 spiro atoms. The summed E-state index contributed by atoms with van der Waals surface area (Å²) < 4.78 is 18.5. The maximum absolute atomic E-state index is 13.1. The highest BCUT2D eigenvalue weighted by Crippen LogP contribution is 2.24. The van der Waals surface area contributed by atoms with Crippen molar-refractivity contribution in [2.45, 2.75) is 19.4 Å². The molecule has 0 aliphatic heterocycles. The molecule has 0 fully saturated rings. The van der Waals surface area contributed by atoms with Crippen LogP contribution in [0.15, 0.2) is 18.2 Å². The van der Waals surface area contributed by atoms with E-state index in [0.29, 0.717) is 30.9 Å². The topological polar surface area (TPSA) is 84.6 Å². The van der Waals surface area contributed by atoms with Gasteiger partial charge in [-0.15, -0.1) is 0 Å². The Labute approximate surface area is 105 Å². The Hall–Kier alpha value is -1.82. The fourth-order valence-electron chi connectivity index (χ4n) is 1.46. The van der Waals surface area contributed by atoms with Crippen molar-refractivity contribution in [3.63, 3.8) is 0 Å². The Morgan fingerprint density at radius 2 is 2.33 bits per heavy atom. The maximum Gasteiger partial charge on any atom is 0.404 e. The number of hydrogen-bond donors (Lipinski definition) is 3. The molecule has 0 unspecified atom stereocenters. The Kier molecular flexibility index (Phi) is 5.38. The van der Waals surface area contributed by atoms with Crippen LogP contribution in [0.25, 0.3) is 0 Å². The van der Waals surface area contributed by atoms with Crippen molar-refractivity contribution >= 4 is 6.09 Å². The van der Waals surface area contributed by atoms with E-state index >= 15 is 0 Å². The first-order valence-electron chi connectivity index (χ1n) is 5.65. The van der Waals surface area contributed by atoms with Gasteiger partial charge in [0, 0.05) is 18.2 Å². The molecule has 0 aliphatic rings. The van der Waals surface area contributed by atoms with Gasteiger partial charge in [-0.3, -0.25) is 0 Å². The molecule has 0 heterocycles. The first-order valence-corrected chi connectivity index (χ1v) is 5.65. The Morgan fingerprint density at radius 3 is 2.94 bits per heavy atom. The van der Waals surface area contributed by atoms with Crippen molar-refractivity contribution in [1.82, 2.24) is 5.32 Å². The molecule has 1 amide bonds. The van der Waals surface area contributed by atoms with Crippen LogP contribution in [0.5, 0.6) is 5.75 Å². The van der Waals surface area contributed by atoms with Gasteiger partial charge in [0.15, 0.2) is 0 Å². The second-order valence-corrected chi connectivity index (χ2v) is 3.90. The minimum absolute atomic E-state index is 0.310. The zero-order valence-corrected chi connectivity index (χ0v) is 10.1. The monoisotopic (exact) mass is 256 g/mol. The van der Waals surface area contributed by atoms with Crippen LogP contribution in [-0.2, 0) is 0 Å². The highest BCUT2D eigenvalue weighted by atomic mass is 19.1. The number of nitrogens with two attached hydrogens (primary N) is 1. The quantitative estimate of drug-likeness (QED) is 0.678. The highest BCUT2D eigenvalue weighted by Gasteiger charge is 2.09. The number of hydrogen-bond acceptors (Lipinski definition) is 3. The lowest BCUT2D eigenvalue weighted by Gasteiger charge is -2.14. The standard InChI is InChI=1S/C12H17FN2O3/c1-8(14)10-7-9(13)3-4-11(10)18-6-2-5-15-12(16)17/h3-4,7-8,15H,2,5-6,14H2,1H3,(H,16,17)/t8-/m1/s1. The molecule has 0 radical (unpaired) electrons. The van der Waals surface area contributed by atoms with Crippen LogP contribution in [0, 0.1) is 5.82 Å². The van der Waals surface area contributed by atoms with Crippen LogP contribution in [0.1, 0.15) is 24.9 Å². The largest absolute Gasteiger partial charge is 0.493 e. The third-order valence-electron chi connectivity index (χ3n) is 2.32. The number of benzene rings is 1. The smallest absolute Gasteiger partial charge is 0.404 e. The van der Waals surface area contributed by atoms with Gasteiger partial charge in [-0.05, 0) is 31.5 Å². The number of carbonyl (C=O) groups is 1. The van der Waals surface area contributed by atoms with E-state index in [1.807, 2.05) is 0 Å². The van der Waals surface area contributed by atoms with E-state index in [0.717, 1.165) is 0 Å². The molecule has 0 saturated carbocycles. The van der Waals surface area contributed by atoms with Crippen LogP contribution < -0.4 is 15.8 Å². The Balaban J connectivity index is 2.49. The average molecular weight is 256 g/mol. The molecule has 0 aliphatic carbocycles. The normalized spacial score (nSPS) is 11.9. The second-order valence-electron chi connectivity index (χ2n) is 3.90. The summed E-state index contributed by atoms with van der Waals surface area (Å²) in [5.74, 6) is 0.170. The van der Waals surface area contributed by atoms with Gasteiger partial charge in [0.25, 0.3) is 0 Å². The number of carboxylic acid groups (broad SMARTS) is 1. The van der Waals surface area contributed by atoms with Crippen LogP contribution in [0.3, 0.4) is 0 Å². The predicted molar refractivity (Wildman–Crippen MR) is 65.1 cm³/mol. The zero-order chi connectivity index (χ0) is 13.5. The lowest BCUT2D eigenvalue weighted by Crippen LogP contribution is -2.23. The fraction of sp³-hybridized carbons (Fsp3) is 0.417. The SMILES string of the molecule is C[C@@H](N)c1cc(F)ccc1OCCCNC(=O)O. The Bertz CT molecular complexity index is 410. The van der Waals surface area contributed by atoms with Gasteiger partial charge in [0.2, 0.25) is 0 Å². The van der Waals surface area contributed by atoms with E-state index in [-0.39, 0.29) is 11.9 Å². The van der Waals surface area contributed by atoms with E-state index < -0.39 is 6.09 Å². The lowest BCUT2D eigenvalue weighted by atomic mass is 10.1. The molecule has 1 aromatic rings. The summed E-state index contributed by atoms with van der Waals surface area (Å²) in [6, 6.07) is 3.85. The molecule has 1 atom stereocenters. The molecule has 4 N–H and O–H groups in total. The number of rotatable bonds is 6. The van der Waals surface area contributed by atoms with Crippen LogP contribution in [0.4, 0.5) is 9.18 Å². The highest BCUT2D eigenvalue weighted by molar-refractivity contribution is 5.64. The number of ether oxygens (including phenoxy) is 1. The Morgan fingerprint density at radius 1 is 1.61 bits per heavy atom. The van der Waals surface area contributed by atoms with E-state index in [4.69, 9.17) is 15.6 Å². The second kappa shape index (κ2) is 6.80. The van der Waals surface area contributed by atoms with Gasteiger partial charge in [-0.25, -0.2) is 9.18 Å². The number of nitrogens with one attached hydrogen (secondary N) is 1. The van der Waals surface area contributed by atoms with E-state index in [1.165, 1.54) is 18.2 Å². The van der Waals surface area contributed by atoms with Crippen molar-refractivity contribution in [2.75, 3.05) is 13.2 Å². The van der Waals surface area contributed by atoms with E-state index in [1.54, 1.807) is 6.92 Å². The molecule has 5 nitrogen and oxygen atoms in total. The summed E-state index contributed by atoms with van der Waals surface area (Å²) in [7, 11) is 0. The van der Waals surface area contributed by atoms with Crippen LogP contribution in [-0.4, -0.2) is 24.4 Å². The van der Waals surface area contributed by atoms with Gasteiger partial charge >= 0.3 is 6.09 Å². The summed E-state index contributed by atoms with van der Waals surface area (Å²) in [6.07, 6.45) is -0.532. The summed E-state index contributed by atoms with van der Waals surface area (Å²) in [5.41, 5.74) is 6.32. The fourth-order valence-corrected chi connectivity index (χ4v) is 1.46. The van der Waals surface area contributed by atoms with E-state index in [2.05, 4.69) is 5.32 Å². The molecule has 0 saturated heterocycles. The van der Waals surface area contributed by atoms with Gasteiger partial charge in [-0.1, -0.05) is 0 Å². The number of amides is 1. The lowest BCUT2D eigenvalue weighted by molar-refractivity contribution is 0.193. The molecule has 1 aromatic carbocycles. The van der Waals surface area contributed by atoms with Crippen molar-refractivity contribution in [3.8, 4) is 5.75 Å². The van der Waals surface area contributed by atoms with Gasteiger partial charge in [-0.2, -0.15) is 0 Å². The van der Waals surface area contributed by atoms with Crippen molar-refractivity contribution < 1.29 is 19.0 Å². The third-order valence-corrected chi connectivity index (χ3v) is 2.32.